The molecule has 2 N–H and O–H groups in total. The minimum Gasteiger partial charge on any atom is -0.494 e. The molecule has 0 unspecified atom stereocenters. The third-order valence-corrected chi connectivity index (χ3v) is 5.26. The van der Waals surface area contributed by atoms with Gasteiger partial charge in [0.25, 0.3) is 5.91 Å². The number of nitrogens with zero attached hydrogens (tertiary/aromatic N) is 1. The molecule has 7 heteroatoms. The lowest BCUT2D eigenvalue weighted by molar-refractivity contribution is -0.122. The smallest absolute Gasteiger partial charge is 0.251 e. The van der Waals surface area contributed by atoms with Crippen LogP contribution in [0.15, 0.2) is 48.5 Å². The van der Waals surface area contributed by atoms with E-state index in [1.807, 2.05) is 31.2 Å². The molecular weight excluding hydrogens is 382 g/mol. The Labute approximate surface area is 175 Å². The summed E-state index contributed by atoms with van der Waals surface area (Å²) in [5.41, 5.74) is 1.81. The summed E-state index contributed by atoms with van der Waals surface area (Å²) in [5, 5.41) is 5.78. The molecule has 3 amide bonds. The fraction of sp³-hybridized carbons (Fsp3) is 0.348. The highest BCUT2D eigenvalue weighted by Gasteiger charge is 2.35. The van der Waals surface area contributed by atoms with Crippen LogP contribution in [0.4, 0.5) is 11.4 Å². The van der Waals surface area contributed by atoms with Gasteiger partial charge in [-0.2, -0.15) is 0 Å². The Bertz CT molecular complexity index is 953. The fourth-order valence-electron chi connectivity index (χ4n) is 3.50. The molecule has 0 radical (unpaired) electrons. The van der Waals surface area contributed by atoms with E-state index in [4.69, 9.17) is 4.74 Å². The van der Waals surface area contributed by atoms with Crippen LogP contribution >= 0.6 is 0 Å². The number of amides is 3. The molecule has 30 heavy (non-hydrogen) atoms. The Morgan fingerprint density at radius 1 is 1.13 bits per heavy atom. The van der Waals surface area contributed by atoms with Gasteiger partial charge >= 0.3 is 0 Å². The minimum atomic E-state index is -0.451. The first kappa shape index (κ1) is 19.9. The lowest BCUT2D eigenvalue weighted by Gasteiger charge is -2.17. The molecule has 2 aromatic rings. The van der Waals surface area contributed by atoms with Crippen LogP contribution in [0.25, 0.3) is 0 Å². The zero-order chi connectivity index (χ0) is 21.1. The van der Waals surface area contributed by atoms with Gasteiger partial charge in [0.2, 0.25) is 11.8 Å². The topological polar surface area (TPSA) is 87.7 Å². The van der Waals surface area contributed by atoms with Crippen molar-refractivity contribution in [3.05, 3.63) is 54.1 Å². The standard InChI is InChI=1S/C23H25N3O4/c1-2-30-20-10-8-19(9-11-20)26-14-16(13-21(26)27)23(29)25-18-5-3-4-15(12-18)22(28)24-17-6-7-17/h3-5,8-12,16-17H,2,6-7,13-14H2,1H3,(H,24,28)(H,25,29)/t16-/m1/s1. The molecule has 1 atom stereocenters. The second-order valence-electron chi connectivity index (χ2n) is 7.65. The van der Waals surface area contributed by atoms with Gasteiger partial charge in [0.15, 0.2) is 0 Å². The van der Waals surface area contributed by atoms with E-state index >= 15 is 0 Å². The lowest BCUT2D eigenvalue weighted by atomic mass is 10.1. The van der Waals surface area contributed by atoms with Crippen LogP contribution in [0.1, 0.15) is 36.5 Å². The first-order valence-corrected chi connectivity index (χ1v) is 10.3. The number of rotatable bonds is 7. The highest BCUT2D eigenvalue weighted by atomic mass is 16.5. The van der Waals surface area contributed by atoms with E-state index < -0.39 is 5.92 Å². The number of benzene rings is 2. The first-order valence-electron chi connectivity index (χ1n) is 10.3. The van der Waals surface area contributed by atoms with Gasteiger partial charge in [-0.1, -0.05) is 6.07 Å². The van der Waals surface area contributed by atoms with Crippen molar-refractivity contribution in [2.75, 3.05) is 23.4 Å². The van der Waals surface area contributed by atoms with Crippen molar-refractivity contribution in [1.82, 2.24) is 5.32 Å². The summed E-state index contributed by atoms with van der Waals surface area (Å²) in [6, 6.07) is 14.4. The third-order valence-electron chi connectivity index (χ3n) is 5.26. The molecule has 1 heterocycles. The normalized spacial score (nSPS) is 18.2. The molecule has 1 aliphatic heterocycles. The second kappa shape index (κ2) is 8.57. The van der Waals surface area contributed by atoms with Crippen LogP contribution in [-0.4, -0.2) is 36.9 Å². The maximum atomic E-state index is 12.7. The van der Waals surface area contributed by atoms with Crippen molar-refractivity contribution in [2.24, 2.45) is 5.92 Å². The quantitative estimate of drug-likeness (QED) is 0.739. The van der Waals surface area contributed by atoms with Crippen LogP contribution < -0.4 is 20.3 Å². The van der Waals surface area contributed by atoms with E-state index in [1.165, 1.54) is 0 Å². The fourth-order valence-corrected chi connectivity index (χ4v) is 3.50. The zero-order valence-corrected chi connectivity index (χ0v) is 16.9. The van der Waals surface area contributed by atoms with Gasteiger partial charge in [0, 0.05) is 35.9 Å². The Kier molecular flexibility index (Phi) is 5.70. The molecule has 2 aliphatic rings. The van der Waals surface area contributed by atoms with Gasteiger partial charge < -0.3 is 20.3 Å². The van der Waals surface area contributed by atoms with Crippen molar-refractivity contribution < 1.29 is 19.1 Å². The minimum absolute atomic E-state index is 0.0862. The van der Waals surface area contributed by atoms with Crippen LogP contribution in [-0.2, 0) is 9.59 Å². The summed E-state index contributed by atoms with van der Waals surface area (Å²) in [4.78, 5) is 39.0. The average molecular weight is 407 g/mol. The summed E-state index contributed by atoms with van der Waals surface area (Å²) in [5.74, 6) is -0.152. The lowest BCUT2D eigenvalue weighted by Crippen LogP contribution is -2.28. The van der Waals surface area contributed by atoms with Crippen molar-refractivity contribution in [3.8, 4) is 5.75 Å². The number of carbonyl (C=O) groups is 3. The Hall–Kier alpha value is -3.35. The third kappa shape index (κ3) is 4.62. The van der Waals surface area contributed by atoms with Gasteiger partial charge in [-0.15, -0.1) is 0 Å². The van der Waals surface area contributed by atoms with E-state index in [-0.39, 0.29) is 30.2 Å². The summed E-state index contributed by atoms with van der Waals surface area (Å²) < 4.78 is 5.43. The van der Waals surface area contributed by atoms with E-state index in [2.05, 4.69) is 10.6 Å². The molecule has 7 nitrogen and oxygen atoms in total. The predicted octanol–water partition coefficient (Wildman–Crippen LogP) is 2.97. The van der Waals surface area contributed by atoms with Crippen LogP contribution in [0, 0.1) is 5.92 Å². The molecule has 0 aromatic heterocycles. The van der Waals surface area contributed by atoms with Crippen LogP contribution in [0.5, 0.6) is 5.75 Å². The highest BCUT2D eigenvalue weighted by molar-refractivity contribution is 6.04. The molecule has 2 aromatic carbocycles. The van der Waals surface area contributed by atoms with E-state index in [0.29, 0.717) is 24.4 Å². The van der Waals surface area contributed by atoms with Crippen LogP contribution in [0.3, 0.4) is 0 Å². The molecule has 4 rings (SSSR count). The molecule has 1 saturated heterocycles. The highest BCUT2D eigenvalue weighted by Crippen LogP contribution is 2.28. The molecule has 0 spiro atoms. The Balaban J connectivity index is 1.38. The molecule has 156 valence electrons. The predicted molar refractivity (Wildman–Crippen MR) is 114 cm³/mol. The number of anilines is 2. The van der Waals surface area contributed by atoms with Crippen molar-refractivity contribution in [3.63, 3.8) is 0 Å². The maximum absolute atomic E-state index is 12.7. The average Bonchev–Trinajstić information content (AvgIpc) is 3.47. The van der Waals surface area contributed by atoms with Gasteiger partial charge in [-0.25, -0.2) is 0 Å². The van der Waals surface area contributed by atoms with E-state index in [9.17, 15) is 14.4 Å². The molecule has 1 saturated carbocycles. The van der Waals surface area contributed by atoms with Gasteiger partial charge in [0.1, 0.15) is 5.75 Å². The van der Waals surface area contributed by atoms with Crippen LogP contribution in [0.2, 0.25) is 0 Å². The first-order chi connectivity index (χ1) is 14.5. The maximum Gasteiger partial charge on any atom is 0.251 e. The largest absolute Gasteiger partial charge is 0.494 e. The number of carbonyl (C=O) groups excluding carboxylic acids is 3. The van der Waals surface area contributed by atoms with Gasteiger partial charge in [0.05, 0.1) is 12.5 Å². The number of nitrogens with one attached hydrogen (secondary N) is 2. The summed E-state index contributed by atoms with van der Waals surface area (Å²) >= 11 is 0. The monoisotopic (exact) mass is 407 g/mol. The van der Waals surface area contributed by atoms with Gasteiger partial charge in [-0.3, -0.25) is 14.4 Å². The zero-order valence-electron chi connectivity index (χ0n) is 16.9. The summed E-state index contributed by atoms with van der Waals surface area (Å²) in [6.45, 7) is 2.81. The van der Waals surface area contributed by atoms with Gasteiger partial charge in [-0.05, 0) is 62.2 Å². The number of hydrogen-bond acceptors (Lipinski definition) is 4. The molecular formula is C23H25N3O4. The summed E-state index contributed by atoms with van der Waals surface area (Å²) in [6.07, 6.45) is 2.19. The molecule has 1 aliphatic carbocycles. The van der Waals surface area contributed by atoms with E-state index in [1.54, 1.807) is 29.2 Å². The Morgan fingerprint density at radius 2 is 1.90 bits per heavy atom. The Morgan fingerprint density at radius 3 is 2.60 bits per heavy atom. The molecule has 2 fully saturated rings. The SMILES string of the molecule is CCOc1ccc(N2C[C@H](C(=O)Nc3cccc(C(=O)NC4CC4)c3)CC2=O)cc1. The van der Waals surface area contributed by atoms with Crippen molar-refractivity contribution >= 4 is 29.1 Å². The van der Waals surface area contributed by atoms with E-state index in [0.717, 1.165) is 24.3 Å². The van der Waals surface area contributed by atoms with Crippen molar-refractivity contribution in [1.29, 1.82) is 0 Å². The number of ether oxygens (including phenoxy) is 1. The number of hydrogen-bond donors (Lipinski definition) is 2. The van der Waals surface area contributed by atoms with Crippen molar-refractivity contribution in [2.45, 2.75) is 32.2 Å². The second-order valence-corrected chi connectivity index (χ2v) is 7.65. The molecule has 0 bridgehead atoms. The summed E-state index contributed by atoms with van der Waals surface area (Å²) in [7, 11) is 0.